The van der Waals surface area contributed by atoms with Crippen LogP contribution in [0.5, 0.6) is 0 Å². The minimum absolute atomic E-state index is 0.110. The highest BCUT2D eigenvalue weighted by Crippen LogP contribution is 2.20. The van der Waals surface area contributed by atoms with Crippen LogP contribution < -0.4 is 5.32 Å². The molecule has 1 aromatic carbocycles. The number of aryl methyl sites for hydroxylation is 2. The topological polar surface area (TPSA) is 75.4 Å². The van der Waals surface area contributed by atoms with Gasteiger partial charge in [0, 0.05) is 24.2 Å². The van der Waals surface area contributed by atoms with Crippen LogP contribution in [0.1, 0.15) is 35.4 Å². The summed E-state index contributed by atoms with van der Waals surface area (Å²) < 4.78 is 5.11. The van der Waals surface area contributed by atoms with Crippen molar-refractivity contribution in [2.75, 3.05) is 6.54 Å². The van der Waals surface area contributed by atoms with Crippen molar-refractivity contribution >= 4 is 23.4 Å². The molecule has 1 aliphatic rings. The van der Waals surface area contributed by atoms with E-state index in [1.54, 1.807) is 17.0 Å². The van der Waals surface area contributed by atoms with E-state index in [-0.39, 0.29) is 18.2 Å². The normalized spacial score (nSPS) is 16.7. The lowest BCUT2D eigenvalue weighted by atomic mass is 10.1. The summed E-state index contributed by atoms with van der Waals surface area (Å²) in [6.45, 7) is 4.77. The molecule has 1 saturated heterocycles. The molecule has 1 unspecified atom stereocenters. The van der Waals surface area contributed by atoms with Crippen molar-refractivity contribution < 1.29 is 14.1 Å². The van der Waals surface area contributed by atoms with Crippen molar-refractivity contribution in [3.05, 3.63) is 51.9 Å². The number of nitrogens with one attached hydrogen (secondary N) is 1. The number of hydrogen-bond donors (Lipinski definition) is 1. The van der Waals surface area contributed by atoms with Crippen LogP contribution in [-0.2, 0) is 22.6 Å². The van der Waals surface area contributed by atoms with Crippen molar-refractivity contribution in [3.8, 4) is 0 Å². The van der Waals surface area contributed by atoms with Gasteiger partial charge in [-0.05, 0) is 49.9 Å². The molecule has 1 aromatic heterocycles. The smallest absolute Gasteiger partial charge is 0.243 e. The third-order valence-electron chi connectivity index (χ3n) is 4.64. The van der Waals surface area contributed by atoms with E-state index >= 15 is 0 Å². The Morgan fingerprint density at radius 1 is 1.35 bits per heavy atom. The Kier molecular flexibility index (Phi) is 5.61. The minimum atomic E-state index is -0.431. The predicted molar refractivity (Wildman–Crippen MR) is 97.7 cm³/mol. The van der Waals surface area contributed by atoms with Crippen LogP contribution in [-0.4, -0.2) is 34.5 Å². The van der Waals surface area contributed by atoms with Gasteiger partial charge in [0.15, 0.2) is 0 Å². The second kappa shape index (κ2) is 7.91. The van der Waals surface area contributed by atoms with Crippen molar-refractivity contribution in [1.82, 2.24) is 15.4 Å². The Morgan fingerprint density at radius 3 is 2.85 bits per heavy atom. The van der Waals surface area contributed by atoms with Crippen molar-refractivity contribution in [1.29, 1.82) is 0 Å². The Labute approximate surface area is 157 Å². The molecular weight excluding hydrogens is 354 g/mol. The Morgan fingerprint density at radius 2 is 2.15 bits per heavy atom. The second-order valence-electron chi connectivity index (χ2n) is 6.65. The van der Waals surface area contributed by atoms with Crippen LogP contribution in [0.15, 0.2) is 28.8 Å². The average Bonchev–Trinajstić information content (AvgIpc) is 3.23. The molecule has 2 heterocycles. The predicted octanol–water partition coefficient (Wildman–Crippen LogP) is 2.79. The number of carbonyl (C=O) groups is 2. The fourth-order valence-corrected chi connectivity index (χ4v) is 3.47. The zero-order valence-corrected chi connectivity index (χ0v) is 15.7. The molecule has 7 heteroatoms. The van der Waals surface area contributed by atoms with E-state index in [0.29, 0.717) is 30.3 Å². The largest absolute Gasteiger partial charge is 0.361 e. The van der Waals surface area contributed by atoms with Crippen molar-refractivity contribution in [3.63, 3.8) is 0 Å². The number of likely N-dealkylation sites (tertiary alicyclic amines) is 1. The molecule has 6 nitrogen and oxygen atoms in total. The first-order valence-electron chi connectivity index (χ1n) is 8.68. The zero-order chi connectivity index (χ0) is 18.7. The van der Waals surface area contributed by atoms with Gasteiger partial charge < -0.3 is 14.7 Å². The van der Waals surface area contributed by atoms with E-state index in [2.05, 4.69) is 10.5 Å². The van der Waals surface area contributed by atoms with E-state index < -0.39 is 6.04 Å². The monoisotopic (exact) mass is 375 g/mol. The maximum Gasteiger partial charge on any atom is 0.243 e. The highest BCUT2D eigenvalue weighted by molar-refractivity contribution is 6.30. The molecule has 0 radical (unpaired) electrons. The van der Waals surface area contributed by atoms with Gasteiger partial charge >= 0.3 is 0 Å². The maximum absolute atomic E-state index is 12.6. The molecule has 0 saturated carbocycles. The molecule has 0 spiro atoms. The van der Waals surface area contributed by atoms with Gasteiger partial charge in [-0.25, -0.2) is 0 Å². The summed E-state index contributed by atoms with van der Waals surface area (Å²) >= 11 is 5.96. The quantitative estimate of drug-likeness (QED) is 0.871. The summed E-state index contributed by atoms with van der Waals surface area (Å²) in [5.74, 6) is 0.288. The van der Waals surface area contributed by atoms with Gasteiger partial charge in [0.1, 0.15) is 11.8 Å². The van der Waals surface area contributed by atoms with Crippen LogP contribution >= 0.6 is 11.6 Å². The number of carbonyl (C=O) groups excluding carboxylic acids is 2. The molecule has 26 heavy (non-hydrogen) atoms. The standard InChI is InChI=1S/C19H22ClN3O3/c1-12-8-15(20)6-5-14(12)11-21-19(25)17-4-3-7-23(17)18(24)10-16-9-13(2)22-26-16/h5-6,8-9,17H,3-4,7,10-11H2,1-2H3,(H,21,25). The molecule has 1 atom stereocenters. The van der Waals surface area contributed by atoms with Crippen LogP contribution in [0, 0.1) is 13.8 Å². The highest BCUT2D eigenvalue weighted by atomic mass is 35.5. The Balaban J connectivity index is 1.59. The lowest BCUT2D eigenvalue weighted by Crippen LogP contribution is -2.46. The molecule has 138 valence electrons. The molecule has 2 amide bonds. The fraction of sp³-hybridized carbons (Fsp3) is 0.421. The van der Waals surface area contributed by atoms with Gasteiger partial charge in [0.05, 0.1) is 12.1 Å². The SMILES string of the molecule is Cc1cc(CC(=O)N2CCCC2C(=O)NCc2ccc(Cl)cc2C)on1. The fourth-order valence-electron chi connectivity index (χ4n) is 3.25. The van der Waals surface area contributed by atoms with E-state index in [4.69, 9.17) is 16.1 Å². The summed E-state index contributed by atoms with van der Waals surface area (Å²) in [7, 11) is 0. The van der Waals surface area contributed by atoms with E-state index in [9.17, 15) is 9.59 Å². The van der Waals surface area contributed by atoms with E-state index in [1.165, 1.54) is 0 Å². The Bertz CT molecular complexity index is 818. The first-order chi connectivity index (χ1) is 12.4. The molecule has 0 bridgehead atoms. The first-order valence-corrected chi connectivity index (χ1v) is 9.06. The lowest BCUT2D eigenvalue weighted by Gasteiger charge is -2.23. The zero-order valence-electron chi connectivity index (χ0n) is 14.9. The van der Waals surface area contributed by atoms with Gasteiger partial charge in [-0.3, -0.25) is 9.59 Å². The second-order valence-corrected chi connectivity index (χ2v) is 7.08. The van der Waals surface area contributed by atoms with Crippen LogP contribution in [0.4, 0.5) is 0 Å². The lowest BCUT2D eigenvalue weighted by molar-refractivity contribution is -0.138. The molecule has 1 aliphatic heterocycles. The number of aromatic nitrogens is 1. The summed E-state index contributed by atoms with van der Waals surface area (Å²) in [4.78, 5) is 26.8. The minimum Gasteiger partial charge on any atom is -0.361 e. The maximum atomic E-state index is 12.6. The first kappa shape index (κ1) is 18.5. The number of rotatable bonds is 5. The van der Waals surface area contributed by atoms with Gasteiger partial charge in [-0.2, -0.15) is 0 Å². The third-order valence-corrected chi connectivity index (χ3v) is 4.87. The average molecular weight is 376 g/mol. The molecule has 3 rings (SSSR count). The number of halogens is 1. The number of hydrogen-bond acceptors (Lipinski definition) is 4. The van der Waals surface area contributed by atoms with Gasteiger partial charge in [-0.15, -0.1) is 0 Å². The molecule has 1 N–H and O–H groups in total. The Hall–Kier alpha value is -2.34. The third kappa shape index (κ3) is 4.25. The number of benzene rings is 1. The van der Waals surface area contributed by atoms with E-state index in [0.717, 1.165) is 23.2 Å². The van der Waals surface area contributed by atoms with Gasteiger partial charge in [0.2, 0.25) is 11.8 Å². The number of amides is 2. The van der Waals surface area contributed by atoms with Gasteiger partial charge in [-0.1, -0.05) is 22.8 Å². The van der Waals surface area contributed by atoms with Crippen LogP contribution in [0.2, 0.25) is 5.02 Å². The molecule has 1 fully saturated rings. The van der Waals surface area contributed by atoms with Crippen molar-refractivity contribution in [2.45, 2.75) is 45.7 Å². The van der Waals surface area contributed by atoms with Gasteiger partial charge in [0.25, 0.3) is 0 Å². The molecular formula is C19H22ClN3O3. The van der Waals surface area contributed by atoms with E-state index in [1.807, 2.05) is 26.0 Å². The van der Waals surface area contributed by atoms with Crippen molar-refractivity contribution in [2.24, 2.45) is 0 Å². The molecule has 2 aromatic rings. The number of nitrogens with zero attached hydrogens (tertiary/aromatic N) is 2. The van der Waals surface area contributed by atoms with Crippen LogP contribution in [0.3, 0.4) is 0 Å². The summed E-state index contributed by atoms with van der Waals surface area (Å²) in [6.07, 6.45) is 1.62. The summed E-state index contributed by atoms with van der Waals surface area (Å²) in [6, 6.07) is 6.89. The molecule has 0 aliphatic carbocycles. The van der Waals surface area contributed by atoms with Crippen LogP contribution in [0.25, 0.3) is 0 Å². The summed E-state index contributed by atoms with van der Waals surface area (Å²) in [5.41, 5.74) is 2.77. The highest BCUT2D eigenvalue weighted by Gasteiger charge is 2.34. The summed E-state index contributed by atoms with van der Waals surface area (Å²) in [5, 5.41) is 7.41.